The number of nitrogens with one attached hydrogen (secondary N) is 1. The Kier molecular flexibility index (Phi) is 3.42. The SMILES string of the molecule is C=C1/C=C(/c2ccccc2)CCNc2ccc(C)cc21. The third-order valence-electron chi connectivity index (χ3n) is 3.72. The lowest BCUT2D eigenvalue weighted by molar-refractivity contribution is 1.07. The van der Waals surface area contributed by atoms with Crippen molar-refractivity contribution in [3.05, 3.63) is 77.9 Å². The summed E-state index contributed by atoms with van der Waals surface area (Å²) in [5, 5.41) is 3.52. The van der Waals surface area contributed by atoms with Crippen molar-refractivity contribution < 1.29 is 0 Å². The van der Waals surface area contributed by atoms with Crippen molar-refractivity contribution in [1.29, 1.82) is 0 Å². The summed E-state index contributed by atoms with van der Waals surface area (Å²) in [6.07, 6.45) is 3.24. The van der Waals surface area contributed by atoms with Gasteiger partial charge in [-0.05, 0) is 42.2 Å². The van der Waals surface area contributed by atoms with Crippen LogP contribution in [0.2, 0.25) is 0 Å². The van der Waals surface area contributed by atoms with Gasteiger partial charge in [-0.15, -0.1) is 0 Å². The molecule has 2 aromatic rings. The second-order valence-corrected chi connectivity index (χ2v) is 5.29. The van der Waals surface area contributed by atoms with Crippen LogP contribution in [-0.4, -0.2) is 6.54 Å². The molecule has 0 spiro atoms. The fourth-order valence-corrected chi connectivity index (χ4v) is 2.65. The molecule has 0 amide bonds. The van der Waals surface area contributed by atoms with Gasteiger partial charge in [0, 0.05) is 17.8 Å². The normalized spacial score (nSPS) is 17.2. The van der Waals surface area contributed by atoms with Crippen LogP contribution in [0.4, 0.5) is 5.69 Å². The van der Waals surface area contributed by atoms with Crippen LogP contribution in [0, 0.1) is 6.92 Å². The molecule has 100 valence electrons. The van der Waals surface area contributed by atoms with E-state index in [4.69, 9.17) is 0 Å². The van der Waals surface area contributed by atoms with Crippen molar-refractivity contribution >= 4 is 16.8 Å². The quantitative estimate of drug-likeness (QED) is 0.769. The maximum atomic E-state index is 4.26. The monoisotopic (exact) mass is 261 g/mol. The Bertz CT molecular complexity index is 665. The molecule has 1 heterocycles. The molecule has 20 heavy (non-hydrogen) atoms. The first-order valence-corrected chi connectivity index (χ1v) is 7.04. The van der Waals surface area contributed by atoms with Gasteiger partial charge in [0.05, 0.1) is 0 Å². The third kappa shape index (κ3) is 2.53. The van der Waals surface area contributed by atoms with Crippen LogP contribution in [0.15, 0.2) is 61.2 Å². The standard InChI is InChI=1S/C19H19N/c1-14-8-9-19-18(12-14)15(2)13-17(10-11-20-19)16-6-4-3-5-7-16/h3-9,12-13,20H,2,10-11H2,1H3/b17-13+. The molecular weight excluding hydrogens is 242 g/mol. The van der Waals surface area contributed by atoms with Crippen molar-refractivity contribution in [2.45, 2.75) is 13.3 Å². The predicted octanol–water partition coefficient (Wildman–Crippen LogP) is 4.91. The summed E-state index contributed by atoms with van der Waals surface area (Å²) in [4.78, 5) is 0. The molecule has 3 rings (SSSR count). The molecule has 2 aromatic carbocycles. The highest BCUT2D eigenvalue weighted by atomic mass is 14.9. The Labute approximate surface area is 120 Å². The zero-order valence-electron chi connectivity index (χ0n) is 11.8. The number of rotatable bonds is 1. The van der Waals surface area contributed by atoms with Crippen molar-refractivity contribution in [2.24, 2.45) is 0 Å². The molecule has 0 saturated carbocycles. The van der Waals surface area contributed by atoms with Crippen molar-refractivity contribution in [3.8, 4) is 0 Å². The number of aryl methyl sites for hydroxylation is 1. The number of fused-ring (bicyclic) bond motifs is 1. The second kappa shape index (κ2) is 5.38. The van der Waals surface area contributed by atoms with Crippen LogP contribution in [-0.2, 0) is 0 Å². The summed E-state index contributed by atoms with van der Waals surface area (Å²) < 4.78 is 0. The Balaban J connectivity index is 2.04. The van der Waals surface area contributed by atoms with Crippen molar-refractivity contribution in [3.63, 3.8) is 0 Å². The smallest absolute Gasteiger partial charge is 0.0419 e. The Morgan fingerprint density at radius 3 is 2.65 bits per heavy atom. The molecule has 0 fully saturated rings. The topological polar surface area (TPSA) is 12.0 Å². The van der Waals surface area contributed by atoms with E-state index in [1.165, 1.54) is 28.0 Å². The summed E-state index contributed by atoms with van der Waals surface area (Å²) in [5.74, 6) is 0. The van der Waals surface area contributed by atoms with Gasteiger partial charge in [0.1, 0.15) is 0 Å². The number of hydrogen-bond donors (Lipinski definition) is 1. The molecule has 0 saturated heterocycles. The van der Waals surface area contributed by atoms with Crippen LogP contribution >= 0.6 is 0 Å². The molecule has 1 aliphatic heterocycles. The minimum absolute atomic E-state index is 0.948. The lowest BCUT2D eigenvalue weighted by Crippen LogP contribution is -2.07. The average molecular weight is 261 g/mol. The maximum absolute atomic E-state index is 4.26. The Morgan fingerprint density at radius 2 is 1.85 bits per heavy atom. The predicted molar refractivity (Wildman–Crippen MR) is 87.7 cm³/mol. The van der Waals surface area contributed by atoms with E-state index in [9.17, 15) is 0 Å². The number of allylic oxidation sites excluding steroid dienone is 2. The van der Waals surface area contributed by atoms with Gasteiger partial charge in [-0.1, -0.05) is 54.6 Å². The summed E-state index contributed by atoms with van der Waals surface area (Å²) in [5.41, 5.74) is 7.36. The van der Waals surface area contributed by atoms with E-state index in [1.54, 1.807) is 0 Å². The molecule has 0 aromatic heterocycles. The molecule has 1 heteroatoms. The van der Waals surface area contributed by atoms with Crippen LogP contribution in [0.5, 0.6) is 0 Å². The molecule has 1 N–H and O–H groups in total. The molecule has 0 radical (unpaired) electrons. The molecule has 0 unspecified atom stereocenters. The van der Waals surface area contributed by atoms with E-state index in [1.807, 2.05) is 0 Å². The molecule has 1 aliphatic rings. The Morgan fingerprint density at radius 1 is 1.05 bits per heavy atom. The van der Waals surface area contributed by atoms with Gasteiger partial charge in [0.15, 0.2) is 0 Å². The highest BCUT2D eigenvalue weighted by Crippen LogP contribution is 2.31. The van der Waals surface area contributed by atoms with E-state index in [-0.39, 0.29) is 0 Å². The first-order valence-electron chi connectivity index (χ1n) is 7.04. The minimum atomic E-state index is 0.948. The summed E-state index contributed by atoms with van der Waals surface area (Å²) in [7, 11) is 0. The van der Waals surface area contributed by atoms with Gasteiger partial charge in [-0.25, -0.2) is 0 Å². The lowest BCUT2D eigenvalue weighted by Gasteiger charge is -2.19. The maximum Gasteiger partial charge on any atom is 0.0419 e. The number of anilines is 1. The zero-order chi connectivity index (χ0) is 13.9. The number of benzene rings is 2. The molecule has 0 bridgehead atoms. The summed E-state index contributed by atoms with van der Waals surface area (Å²) in [6.45, 7) is 7.33. The van der Waals surface area contributed by atoms with E-state index < -0.39 is 0 Å². The fourth-order valence-electron chi connectivity index (χ4n) is 2.65. The van der Waals surface area contributed by atoms with E-state index >= 15 is 0 Å². The van der Waals surface area contributed by atoms with Gasteiger partial charge < -0.3 is 5.32 Å². The number of hydrogen-bond acceptors (Lipinski definition) is 1. The van der Waals surface area contributed by atoms with Crippen LogP contribution in [0.1, 0.15) is 23.1 Å². The third-order valence-corrected chi connectivity index (χ3v) is 3.72. The van der Waals surface area contributed by atoms with Gasteiger partial charge in [-0.2, -0.15) is 0 Å². The average Bonchev–Trinajstić information content (AvgIpc) is 2.46. The highest BCUT2D eigenvalue weighted by Gasteiger charge is 2.11. The van der Waals surface area contributed by atoms with Crippen molar-refractivity contribution in [2.75, 3.05) is 11.9 Å². The van der Waals surface area contributed by atoms with Gasteiger partial charge in [0.25, 0.3) is 0 Å². The minimum Gasteiger partial charge on any atom is -0.384 e. The molecular formula is C19H19N. The summed E-state index contributed by atoms with van der Waals surface area (Å²) >= 11 is 0. The molecule has 1 nitrogen and oxygen atoms in total. The van der Waals surface area contributed by atoms with Crippen molar-refractivity contribution in [1.82, 2.24) is 0 Å². The van der Waals surface area contributed by atoms with Gasteiger partial charge in [-0.3, -0.25) is 0 Å². The zero-order valence-corrected chi connectivity index (χ0v) is 11.8. The lowest BCUT2D eigenvalue weighted by atomic mass is 9.94. The van der Waals surface area contributed by atoms with Crippen LogP contribution in [0.3, 0.4) is 0 Å². The van der Waals surface area contributed by atoms with Gasteiger partial charge in [0.2, 0.25) is 0 Å². The first kappa shape index (κ1) is 12.7. The van der Waals surface area contributed by atoms with Crippen LogP contribution in [0.25, 0.3) is 11.1 Å². The van der Waals surface area contributed by atoms with Crippen LogP contribution < -0.4 is 5.32 Å². The van der Waals surface area contributed by atoms with E-state index in [2.05, 4.69) is 73.4 Å². The molecule has 0 aliphatic carbocycles. The largest absolute Gasteiger partial charge is 0.384 e. The van der Waals surface area contributed by atoms with E-state index in [0.29, 0.717) is 0 Å². The second-order valence-electron chi connectivity index (χ2n) is 5.29. The fraction of sp³-hybridized carbons (Fsp3) is 0.158. The first-order chi connectivity index (χ1) is 9.74. The van der Waals surface area contributed by atoms with E-state index in [0.717, 1.165) is 18.5 Å². The Hall–Kier alpha value is -2.28. The van der Waals surface area contributed by atoms with Gasteiger partial charge >= 0.3 is 0 Å². The molecule has 0 atom stereocenters. The summed E-state index contributed by atoms with van der Waals surface area (Å²) in [6, 6.07) is 17.1. The highest BCUT2D eigenvalue weighted by molar-refractivity contribution is 5.88.